The van der Waals surface area contributed by atoms with Gasteiger partial charge in [0.2, 0.25) is 0 Å². The molecule has 7 rings (SSSR count). The fourth-order valence-corrected chi connectivity index (χ4v) is 8.09. The van der Waals surface area contributed by atoms with Crippen LogP contribution in [0.3, 0.4) is 0 Å². The van der Waals surface area contributed by atoms with E-state index in [1.807, 2.05) is 47.1 Å². The first kappa shape index (κ1) is 32.3. The number of hydrogen-bond donors (Lipinski definition) is 1. The Hall–Kier alpha value is -4.25. The third-order valence-electron chi connectivity index (χ3n) is 10.8. The first-order valence-electron chi connectivity index (χ1n) is 17.8. The summed E-state index contributed by atoms with van der Waals surface area (Å²) in [6.07, 6.45) is 10.7. The Balaban J connectivity index is 1.01. The number of para-hydroxylation sites is 1. The van der Waals surface area contributed by atoms with Crippen LogP contribution in [-0.2, 0) is 22.4 Å². The molecule has 11 heteroatoms. The van der Waals surface area contributed by atoms with Crippen LogP contribution in [0.25, 0.3) is 11.0 Å². The minimum Gasteiger partial charge on any atom is -0.436 e. The average Bonchev–Trinajstić information content (AvgIpc) is 3.29. The van der Waals surface area contributed by atoms with E-state index in [0.717, 1.165) is 52.9 Å². The molecule has 3 fully saturated rings. The first-order chi connectivity index (χ1) is 23.4. The largest absolute Gasteiger partial charge is 0.436 e. The molecule has 2 saturated heterocycles. The zero-order valence-corrected chi connectivity index (χ0v) is 28.0. The van der Waals surface area contributed by atoms with Gasteiger partial charge in [-0.2, -0.15) is 0 Å². The van der Waals surface area contributed by atoms with Gasteiger partial charge in [0.05, 0.1) is 11.0 Å². The third-order valence-corrected chi connectivity index (χ3v) is 10.8. The predicted octanol–water partition coefficient (Wildman–Crippen LogP) is 5.02. The number of benzene rings is 2. The lowest BCUT2D eigenvalue weighted by Gasteiger charge is -2.41. The van der Waals surface area contributed by atoms with Gasteiger partial charge in [-0.05, 0) is 67.9 Å². The van der Waals surface area contributed by atoms with Gasteiger partial charge in [0.25, 0.3) is 5.91 Å². The van der Waals surface area contributed by atoms with Gasteiger partial charge in [-0.3, -0.25) is 19.7 Å². The lowest BCUT2D eigenvalue weighted by atomic mass is 9.94. The summed E-state index contributed by atoms with van der Waals surface area (Å²) in [5, 5.41) is 3.06. The van der Waals surface area contributed by atoms with E-state index in [4.69, 9.17) is 4.74 Å². The fourth-order valence-electron chi connectivity index (χ4n) is 8.09. The molecule has 254 valence electrons. The van der Waals surface area contributed by atoms with E-state index in [1.54, 1.807) is 17.3 Å². The number of piperidine rings is 1. The fraction of sp³-hybridized carbons (Fsp3) is 0.541. The third kappa shape index (κ3) is 7.11. The number of likely N-dealkylation sites (tertiary alicyclic amines) is 1. The molecule has 1 saturated carbocycles. The molecule has 0 spiro atoms. The number of urea groups is 1. The number of carbonyl (C=O) groups excluding carboxylic acids is 3. The van der Waals surface area contributed by atoms with Crippen molar-refractivity contribution < 1.29 is 19.1 Å². The van der Waals surface area contributed by atoms with E-state index in [9.17, 15) is 14.4 Å². The molecule has 1 aliphatic carbocycles. The summed E-state index contributed by atoms with van der Waals surface area (Å²) in [7, 11) is 0. The van der Waals surface area contributed by atoms with E-state index in [-0.39, 0.29) is 24.4 Å². The molecular weight excluding hydrogens is 606 g/mol. The number of ether oxygens (including phenoxy) is 1. The van der Waals surface area contributed by atoms with Crippen molar-refractivity contribution in [3.05, 3.63) is 65.5 Å². The Kier molecular flexibility index (Phi) is 9.74. The molecule has 4 amide bonds. The van der Waals surface area contributed by atoms with Gasteiger partial charge < -0.3 is 24.8 Å². The summed E-state index contributed by atoms with van der Waals surface area (Å²) in [5.41, 5.74) is 5.44. The van der Waals surface area contributed by atoms with E-state index < -0.39 is 12.2 Å². The van der Waals surface area contributed by atoms with Crippen molar-refractivity contribution in [2.24, 2.45) is 0 Å². The molecule has 0 radical (unpaired) electrons. The molecule has 3 aliphatic heterocycles. The quantitative estimate of drug-likeness (QED) is 0.398. The Labute approximate surface area is 282 Å². The van der Waals surface area contributed by atoms with Crippen molar-refractivity contribution in [3.8, 4) is 0 Å². The van der Waals surface area contributed by atoms with Crippen LogP contribution in [0.5, 0.6) is 0 Å². The van der Waals surface area contributed by atoms with Crippen LogP contribution in [0, 0.1) is 6.92 Å². The number of nitrogens with one attached hydrogen (secondary N) is 1. The summed E-state index contributed by atoms with van der Waals surface area (Å²) >= 11 is 0. The summed E-state index contributed by atoms with van der Waals surface area (Å²) < 4.78 is 6.12. The monoisotopic (exact) mass is 653 g/mol. The lowest BCUT2D eigenvalue weighted by molar-refractivity contribution is -0.143. The minimum atomic E-state index is -0.945. The standard InChI is InChI=1S/C37H47N7O4/c1-26-23-27(24-32-34(26)39-15-14-38-32)25-33(35(45)42-21-19-41(20-22-42)29-8-3-2-4-9-29)48-37(47)43-16-12-30(13-17-43)44-18-11-28-7-5-6-10-31(28)40-36(44)46/h5-7,10,14-15,23-24,29-30,33H,2-4,8-9,11-13,16-22,25H2,1H3,(H,40,46)/t33-/m1/s1. The van der Waals surface area contributed by atoms with E-state index >= 15 is 0 Å². The normalized spacial score (nSPS) is 20.6. The van der Waals surface area contributed by atoms with Crippen LogP contribution in [-0.4, -0.2) is 112 Å². The van der Waals surface area contributed by atoms with Gasteiger partial charge in [0.15, 0.2) is 6.10 Å². The van der Waals surface area contributed by atoms with Crippen LogP contribution in [0.2, 0.25) is 0 Å². The van der Waals surface area contributed by atoms with Gasteiger partial charge in [-0.15, -0.1) is 0 Å². The number of anilines is 1. The molecule has 1 aromatic heterocycles. The number of aryl methyl sites for hydroxylation is 1. The van der Waals surface area contributed by atoms with Crippen molar-refractivity contribution in [1.82, 2.24) is 29.6 Å². The Morgan fingerprint density at radius 3 is 2.42 bits per heavy atom. The highest BCUT2D eigenvalue weighted by Gasteiger charge is 2.36. The highest BCUT2D eigenvalue weighted by atomic mass is 16.6. The number of aromatic nitrogens is 2. The van der Waals surface area contributed by atoms with Crippen LogP contribution < -0.4 is 5.32 Å². The number of nitrogens with zero attached hydrogens (tertiary/aromatic N) is 6. The second-order valence-corrected chi connectivity index (χ2v) is 13.8. The first-order valence-corrected chi connectivity index (χ1v) is 17.8. The summed E-state index contributed by atoms with van der Waals surface area (Å²) in [4.78, 5) is 57.9. The summed E-state index contributed by atoms with van der Waals surface area (Å²) in [6, 6.07) is 12.4. The number of piperazine rings is 1. The van der Waals surface area contributed by atoms with Crippen LogP contribution in [0.1, 0.15) is 61.6 Å². The molecule has 11 nitrogen and oxygen atoms in total. The molecule has 1 atom stereocenters. The van der Waals surface area contributed by atoms with Crippen molar-refractivity contribution in [2.45, 2.75) is 82.9 Å². The van der Waals surface area contributed by atoms with Crippen molar-refractivity contribution in [1.29, 1.82) is 0 Å². The average molecular weight is 654 g/mol. The van der Waals surface area contributed by atoms with Crippen molar-refractivity contribution >= 4 is 34.8 Å². The maximum atomic E-state index is 14.1. The molecule has 0 bridgehead atoms. The van der Waals surface area contributed by atoms with Crippen LogP contribution in [0.15, 0.2) is 48.8 Å². The van der Waals surface area contributed by atoms with Gasteiger partial charge in [-0.1, -0.05) is 43.5 Å². The molecule has 4 heterocycles. The Bertz CT molecular complexity index is 1630. The van der Waals surface area contributed by atoms with Gasteiger partial charge in [0.1, 0.15) is 0 Å². The number of amides is 4. The number of carbonyl (C=O) groups is 3. The van der Waals surface area contributed by atoms with Crippen LogP contribution >= 0.6 is 0 Å². The number of hydrogen-bond acceptors (Lipinski definition) is 7. The molecule has 48 heavy (non-hydrogen) atoms. The Morgan fingerprint density at radius 2 is 1.62 bits per heavy atom. The lowest BCUT2D eigenvalue weighted by Crippen LogP contribution is -2.55. The Morgan fingerprint density at radius 1 is 0.875 bits per heavy atom. The molecule has 4 aliphatic rings. The smallest absolute Gasteiger partial charge is 0.410 e. The zero-order chi connectivity index (χ0) is 33.0. The van der Waals surface area contributed by atoms with E-state index in [1.165, 1.54) is 32.1 Å². The predicted molar refractivity (Wildman–Crippen MR) is 184 cm³/mol. The summed E-state index contributed by atoms with van der Waals surface area (Å²) in [5.74, 6) is -0.140. The van der Waals surface area contributed by atoms with Crippen molar-refractivity contribution in [2.75, 3.05) is 51.1 Å². The van der Waals surface area contributed by atoms with Crippen molar-refractivity contribution in [3.63, 3.8) is 0 Å². The minimum absolute atomic E-state index is 0.0305. The molecule has 2 aromatic carbocycles. The van der Waals surface area contributed by atoms with E-state index in [0.29, 0.717) is 51.6 Å². The van der Waals surface area contributed by atoms with Crippen LogP contribution in [0.4, 0.5) is 15.3 Å². The highest BCUT2D eigenvalue weighted by molar-refractivity contribution is 5.91. The molecule has 0 unspecified atom stereocenters. The van der Waals surface area contributed by atoms with Gasteiger partial charge in [0, 0.05) is 82.4 Å². The summed E-state index contributed by atoms with van der Waals surface area (Å²) in [6.45, 7) is 6.53. The maximum absolute atomic E-state index is 14.1. The number of rotatable bonds is 6. The van der Waals surface area contributed by atoms with Gasteiger partial charge >= 0.3 is 12.1 Å². The number of fused-ring (bicyclic) bond motifs is 2. The molecule has 3 aromatic rings. The van der Waals surface area contributed by atoms with E-state index in [2.05, 4.69) is 26.3 Å². The molecular formula is C37H47N7O4. The SMILES string of the molecule is Cc1cc(C[C@@H](OC(=O)N2CCC(N3CCc4ccccc4NC3=O)CC2)C(=O)N2CCN(C3CCCCC3)CC2)cc2nccnc12. The second kappa shape index (κ2) is 14.5. The maximum Gasteiger partial charge on any atom is 0.410 e. The molecule has 1 N–H and O–H groups in total. The van der Waals surface area contributed by atoms with Gasteiger partial charge in [-0.25, -0.2) is 9.59 Å². The zero-order valence-electron chi connectivity index (χ0n) is 28.0. The second-order valence-electron chi connectivity index (χ2n) is 13.8. The highest BCUT2D eigenvalue weighted by Crippen LogP contribution is 2.27. The topological polar surface area (TPSA) is 111 Å².